The molecule has 8 atom stereocenters. The van der Waals surface area contributed by atoms with E-state index in [-0.39, 0.29) is 43.0 Å². The van der Waals surface area contributed by atoms with E-state index in [2.05, 4.69) is 11.4 Å². The SMILES string of the molecule is CC1(C)C2CN(C(=O)[C@@H](NC(=O)C(F)(F)F)C34C[C@@H]5C[C@H](CC(O)(C5)C3)C4)C(C(N)=O)C21[C@@H](C#N)C[C@H]1CCNC1=O. The second-order valence-corrected chi connectivity index (χ2v) is 14.6. The number of nitriles is 1. The first kappa shape index (κ1) is 29.2. The van der Waals surface area contributed by atoms with Crippen LogP contribution in [0.3, 0.4) is 0 Å². The number of carbonyl (C=O) groups excluding carboxylic acids is 4. The van der Waals surface area contributed by atoms with Gasteiger partial charge in [-0.3, -0.25) is 19.2 Å². The summed E-state index contributed by atoms with van der Waals surface area (Å²) in [6.07, 6.45) is -1.89. The molecule has 5 N–H and O–H groups in total. The highest BCUT2D eigenvalue weighted by molar-refractivity contribution is 5.95. The van der Waals surface area contributed by atoms with Crippen LogP contribution in [0.1, 0.15) is 65.2 Å². The Morgan fingerprint density at radius 3 is 2.36 bits per heavy atom. The molecule has 0 spiro atoms. The molecule has 4 amide bonds. The average Bonchev–Trinajstić information content (AvgIpc) is 3.21. The summed E-state index contributed by atoms with van der Waals surface area (Å²) in [5.74, 6) is -5.73. The standard InChI is InChI=1S/C29H38F3N5O5/c1-25(2)18-12-37(20(21(34)38)28(18,25)17(11-33)6-16-3-4-35-22(16)39)23(40)19(36-24(41)29(30,31)32)26-7-14-5-15(8-26)10-27(42,9-14)13-26/h14-20,42H,3-10,12-13H2,1-2H3,(H2,34,38)(H,35,39)(H,36,41)/t14-,15-,16+,17+,18?,19+,20?,26?,27?,28?/m0/s1. The number of rotatable bonds is 7. The maximum absolute atomic E-state index is 14.5. The van der Waals surface area contributed by atoms with Crippen molar-refractivity contribution in [3.63, 3.8) is 0 Å². The van der Waals surface area contributed by atoms with Gasteiger partial charge in [-0.2, -0.15) is 18.4 Å². The van der Waals surface area contributed by atoms with Crippen molar-refractivity contribution in [2.45, 2.75) is 89.1 Å². The number of halogens is 3. The number of nitrogens with one attached hydrogen (secondary N) is 2. The second-order valence-electron chi connectivity index (χ2n) is 14.6. The fourth-order valence-corrected chi connectivity index (χ4v) is 10.9. The van der Waals surface area contributed by atoms with Gasteiger partial charge in [-0.15, -0.1) is 0 Å². The number of likely N-dealkylation sites (tertiary alicyclic amines) is 1. The molecule has 2 saturated heterocycles. The highest BCUT2D eigenvalue weighted by Gasteiger charge is 2.83. The maximum atomic E-state index is 14.5. The van der Waals surface area contributed by atoms with Gasteiger partial charge in [0.25, 0.3) is 0 Å². The normalized spacial score (nSPS) is 42.4. The highest BCUT2D eigenvalue weighted by Crippen LogP contribution is 2.78. The summed E-state index contributed by atoms with van der Waals surface area (Å²) in [4.78, 5) is 53.6. The van der Waals surface area contributed by atoms with Crippen LogP contribution in [0.2, 0.25) is 0 Å². The minimum absolute atomic E-state index is 0.0130. The summed E-state index contributed by atoms with van der Waals surface area (Å²) in [7, 11) is 0. The molecule has 0 aromatic rings. The van der Waals surface area contributed by atoms with E-state index in [1.165, 1.54) is 4.90 Å². The van der Waals surface area contributed by atoms with Crippen molar-refractivity contribution in [3.8, 4) is 6.07 Å². The molecule has 7 aliphatic rings. The van der Waals surface area contributed by atoms with Crippen LogP contribution in [-0.4, -0.2) is 70.6 Å². The molecule has 3 unspecified atom stereocenters. The lowest BCUT2D eigenvalue weighted by Gasteiger charge is -2.62. The van der Waals surface area contributed by atoms with E-state index < -0.39 is 69.7 Å². The van der Waals surface area contributed by atoms with Gasteiger partial charge in [0.2, 0.25) is 17.7 Å². The zero-order valence-electron chi connectivity index (χ0n) is 23.8. The third-order valence-corrected chi connectivity index (χ3v) is 12.1. The molecule has 0 radical (unpaired) electrons. The summed E-state index contributed by atoms with van der Waals surface area (Å²) in [5.41, 5.74) is 2.01. The van der Waals surface area contributed by atoms with Crippen molar-refractivity contribution in [1.82, 2.24) is 15.5 Å². The number of alkyl halides is 3. The Bertz CT molecular complexity index is 1260. The van der Waals surface area contributed by atoms with Gasteiger partial charge < -0.3 is 26.4 Å². The van der Waals surface area contributed by atoms with Crippen molar-refractivity contribution in [1.29, 1.82) is 5.26 Å². The van der Waals surface area contributed by atoms with E-state index in [1.807, 2.05) is 19.2 Å². The Balaban J connectivity index is 1.37. The van der Waals surface area contributed by atoms with E-state index in [9.17, 15) is 42.7 Å². The van der Waals surface area contributed by atoms with Crippen LogP contribution in [0, 0.1) is 57.2 Å². The lowest BCUT2D eigenvalue weighted by Crippen LogP contribution is -2.68. The van der Waals surface area contributed by atoms with Crippen LogP contribution >= 0.6 is 0 Å². The second kappa shape index (κ2) is 9.07. The van der Waals surface area contributed by atoms with E-state index in [1.54, 1.807) is 0 Å². The van der Waals surface area contributed by atoms with Crippen molar-refractivity contribution in [3.05, 3.63) is 0 Å². The molecule has 2 heterocycles. The highest BCUT2D eigenvalue weighted by atomic mass is 19.4. The molecule has 0 aromatic carbocycles. The Morgan fingerprint density at radius 2 is 1.86 bits per heavy atom. The molecule has 4 bridgehead atoms. The number of primary amides is 1. The number of nitrogens with two attached hydrogens (primary N) is 1. The van der Waals surface area contributed by atoms with E-state index in [0.717, 1.165) is 6.42 Å². The number of piperidine rings is 1. The third-order valence-electron chi connectivity index (χ3n) is 12.1. The van der Waals surface area contributed by atoms with Gasteiger partial charge in [0, 0.05) is 29.8 Å². The van der Waals surface area contributed by atoms with Crippen molar-refractivity contribution in [2.75, 3.05) is 13.1 Å². The maximum Gasteiger partial charge on any atom is 0.471 e. The van der Waals surface area contributed by atoms with Crippen LogP contribution in [0.15, 0.2) is 0 Å². The zero-order valence-corrected chi connectivity index (χ0v) is 23.8. The van der Waals surface area contributed by atoms with Crippen LogP contribution in [-0.2, 0) is 19.2 Å². The van der Waals surface area contributed by atoms with Gasteiger partial charge in [-0.05, 0) is 74.5 Å². The number of hydrogen-bond acceptors (Lipinski definition) is 6. The van der Waals surface area contributed by atoms with E-state index in [0.29, 0.717) is 38.6 Å². The van der Waals surface area contributed by atoms with E-state index >= 15 is 0 Å². The molecule has 5 aliphatic carbocycles. The summed E-state index contributed by atoms with van der Waals surface area (Å²) >= 11 is 0. The predicted molar refractivity (Wildman–Crippen MR) is 139 cm³/mol. The Labute approximate surface area is 241 Å². The molecular formula is C29H38F3N5O5. The van der Waals surface area contributed by atoms with Crippen LogP contribution in [0.5, 0.6) is 0 Å². The number of carbonyl (C=O) groups is 4. The molecule has 13 heteroatoms. The fraction of sp³-hybridized carbons (Fsp3) is 0.828. The largest absolute Gasteiger partial charge is 0.471 e. The van der Waals surface area contributed by atoms with Gasteiger partial charge in [-0.25, -0.2) is 0 Å². The van der Waals surface area contributed by atoms with Gasteiger partial charge in [0.15, 0.2) is 0 Å². The first-order valence-corrected chi connectivity index (χ1v) is 14.9. The van der Waals surface area contributed by atoms with Gasteiger partial charge >= 0.3 is 12.1 Å². The molecule has 2 aliphatic heterocycles. The van der Waals surface area contributed by atoms with Crippen LogP contribution in [0.25, 0.3) is 0 Å². The molecule has 230 valence electrons. The number of fused-ring (bicyclic) bond motifs is 1. The lowest BCUT2D eigenvalue weighted by molar-refractivity contribution is -0.191. The molecule has 10 nitrogen and oxygen atoms in total. The first-order valence-electron chi connectivity index (χ1n) is 14.9. The Hall–Kier alpha value is -2.88. The summed E-state index contributed by atoms with van der Waals surface area (Å²) in [6, 6.07) is -0.634. The molecular weight excluding hydrogens is 555 g/mol. The minimum Gasteiger partial charge on any atom is -0.390 e. The molecule has 7 rings (SSSR count). The quantitative estimate of drug-likeness (QED) is 0.348. The zero-order chi connectivity index (χ0) is 30.6. The summed E-state index contributed by atoms with van der Waals surface area (Å²) < 4.78 is 40.7. The van der Waals surface area contributed by atoms with E-state index in [4.69, 9.17) is 5.73 Å². The number of nitrogens with zero attached hydrogens (tertiary/aromatic N) is 2. The Morgan fingerprint density at radius 1 is 1.21 bits per heavy atom. The summed E-state index contributed by atoms with van der Waals surface area (Å²) in [6.45, 7) is 4.22. The van der Waals surface area contributed by atoms with Crippen molar-refractivity contribution < 1.29 is 37.5 Å². The smallest absolute Gasteiger partial charge is 0.390 e. The first-order chi connectivity index (χ1) is 19.5. The average molecular weight is 594 g/mol. The third kappa shape index (κ3) is 3.99. The molecule has 42 heavy (non-hydrogen) atoms. The molecule has 7 fully saturated rings. The van der Waals surface area contributed by atoms with Gasteiger partial charge in [0.1, 0.15) is 12.1 Å². The number of hydrogen-bond donors (Lipinski definition) is 4. The van der Waals surface area contributed by atoms with Crippen LogP contribution in [0.4, 0.5) is 13.2 Å². The number of amides is 4. The van der Waals surface area contributed by atoms with Crippen molar-refractivity contribution in [2.24, 2.45) is 51.6 Å². The number of aliphatic hydroxyl groups is 1. The van der Waals surface area contributed by atoms with Crippen LogP contribution < -0.4 is 16.4 Å². The fourth-order valence-electron chi connectivity index (χ4n) is 10.9. The molecule has 5 saturated carbocycles. The topological polar surface area (TPSA) is 166 Å². The van der Waals surface area contributed by atoms with Gasteiger partial charge in [-0.1, -0.05) is 13.8 Å². The monoisotopic (exact) mass is 593 g/mol. The van der Waals surface area contributed by atoms with Crippen molar-refractivity contribution >= 4 is 23.6 Å². The minimum atomic E-state index is -5.25. The Kier molecular flexibility index (Phi) is 6.30. The lowest BCUT2D eigenvalue weighted by atomic mass is 9.46. The van der Waals surface area contributed by atoms with Gasteiger partial charge in [0.05, 0.1) is 17.6 Å². The predicted octanol–water partition coefficient (Wildman–Crippen LogP) is 1.37. The molecule has 0 aromatic heterocycles. The summed E-state index contributed by atoms with van der Waals surface area (Å²) in [5, 5.41) is 26.4.